The van der Waals surface area contributed by atoms with E-state index in [2.05, 4.69) is 4.74 Å². The summed E-state index contributed by atoms with van der Waals surface area (Å²) in [6, 6.07) is 0. The number of carbonyl (C=O) groups excluding carboxylic acids is 2. The summed E-state index contributed by atoms with van der Waals surface area (Å²) in [4.78, 5) is 23.7. The molecule has 2 aliphatic rings. The third kappa shape index (κ3) is 2.32. The van der Waals surface area contributed by atoms with Crippen molar-refractivity contribution in [2.24, 2.45) is 5.92 Å². The molecule has 0 atom stereocenters. The standard InChI is InChI=1S/C10H15NO3/c12-9-6-11(7-10(13)14-9)5-4-8-2-1-3-8/h8H,1-7H2. The summed E-state index contributed by atoms with van der Waals surface area (Å²) in [7, 11) is 0. The Labute approximate surface area is 83.2 Å². The van der Waals surface area contributed by atoms with E-state index in [9.17, 15) is 9.59 Å². The molecular weight excluding hydrogens is 182 g/mol. The van der Waals surface area contributed by atoms with Crippen LogP contribution in [-0.4, -0.2) is 36.5 Å². The van der Waals surface area contributed by atoms with Crippen molar-refractivity contribution in [3.63, 3.8) is 0 Å². The van der Waals surface area contributed by atoms with Crippen LogP contribution in [0.4, 0.5) is 0 Å². The fourth-order valence-corrected chi connectivity index (χ4v) is 1.92. The second-order valence-corrected chi connectivity index (χ2v) is 4.14. The van der Waals surface area contributed by atoms with Gasteiger partial charge in [-0.2, -0.15) is 0 Å². The van der Waals surface area contributed by atoms with Gasteiger partial charge in [-0.15, -0.1) is 0 Å². The van der Waals surface area contributed by atoms with E-state index < -0.39 is 11.9 Å². The minimum absolute atomic E-state index is 0.276. The number of rotatable bonds is 3. The van der Waals surface area contributed by atoms with Crippen molar-refractivity contribution >= 4 is 11.9 Å². The van der Waals surface area contributed by atoms with E-state index in [1.807, 2.05) is 4.90 Å². The highest BCUT2D eigenvalue weighted by molar-refractivity contribution is 5.90. The first-order valence-corrected chi connectivity index (χ1v) is 5.20. The minimum Gasteiger partial charge on any atom is -0.391 e. The van der Waals surface area contributed by atoms with Crippen LogP contribution in [-0.2, 0) is 14.3 Å². The number of hydrogen-bond donors (Lipinski definition) is 0. The van der Waals surface area contributed by atoms with Gasteiger partial charge in [0.2, 0.25) is 0 Å². The van der Waals surface area contributed by atoms with Gasteiger partial charge >= 0.3 is 11.9 Å². The molecule has 0 aromatic carbocycles. The normalized spacial score (nSPS) is 24.6. The fourth-order valence-electron chi connectivity index (χ4n) is 1.92. The molecule has 1 heterocycles. The summed E-state index contributed by atoms with van der Waals surface area (Å²) in [6.45, 7) is 1.41. The molecule has 2 rings (SSSR count). The molecule has 78 valence electrons. The maximum atomic E-state index is 10.9. The van der Waals surface area contributed by atoms with E-state index in [4.69, 9.17) is 0 Å². The zero-order valence-corrected chi connectivity index (χ0v) is 8.20. The number of ether oxygens (including phenoxy) is 1. The SMILES string of the molecule is O=C1CN(CCC2CCC2)CC(=O)O1. The average Bonchev–Trinajstić information content (AvgIpc) is 1.99. The van der Waals surface area contributed by atoms with E-state index in [0.717, 1.165) is 18.9 Å². The molecule has 0 aromatic rings. The lowest BCUT2D eigenvalue weighted by Crippen LogP contribution is -2.43. The van der Waals surface area contributed by atoms with Crippen molar-refractivity contribution in [1.82, 2.24) is 4.90 Å². The van der Waals surface area contributed by atoms with Gasteiger partial charge in [0.25, 0.3) is 0 Å². The monoisotopic (exact) mass is 197 g/mol. The second kappa shape index (κ2) is 4.09. The van der Waals surface area contributed by atoms with Crippen molar-refractivity contribution in [2.75, 3.05) is 19.6 Å². The third-order valence-corrected chi connectivity index (χ3v) is 3.01. The molecule has 0 bridgehead atoms. The summed E-state index contributed by atoms with van der Waals surface area (Å²) < 4.78 is 4.44. The van der Waals surface area contributed by atoms with E-state index in [1.54, 1.807) is 0 Å². The first kappa shape index (κ1) is 9.65. The maximum absolute atomic E-state index is 10.9. The summed E-state index contributed by atoms with van der Waals surface area (Å²) in [5.41, 5.74) is 0. The Morgan fingerprint density at radius 1 is 1.21 bits per heavy atom. The molecule has 0 spiro atoms. The number of cyclic esters (lactones) is 2. The van der Waals surface area contributed by atoms with Gasteiger partial charge < -0.3 is 4.74 Å². The van der Waals surface area contributed by atoms with Crippen molar-refractivity contribution in [1.29, 1.82) is 0 Å². The van der Waals surface area contributed by atoms with Gasteiger partial charge in [-0.3, -0.25) is 14.5 Å². The minimum atomic E-state index is -0.408. The average molecular weight is 197 g/mol. The van der Waals surface area contributed by atoms with Crippen molar-refractivity contribution in [2.45, 2.75) is 25.7 Å². The Kier molecular flexibility index (Phi) is 2.82. The number of hydrogen-bond acceptors (Lipinski definition) is 4. The van der Waals surface area contributed by atoms with Crippen molar-refractivity contribution in [3.8, 4) is 0 Å². The first-order chi connectivity index (χ1) is 6.74. The predicted molar refractivity (Wildman–Crippen MR) is 49.5 cm³/mol. The molecule has 0 N–H and O–H groups in total. The van der Waals surface area contributed by atoms with Gasteiger partial charge in [-0.1, -0.05) is 19.3 Å². The Hall–Kier alpha value is -0.900. The van der Waals surface area contributed by atoms with Gasteiger partial charge in [0.1, 0.15) is 0 Å². The molecule has 1 saturated heterocycles. The number of esters is 2. The lowest BCUT2D eigenvalue weighted by atomic mass is 9.83. The zero-order chi connectivity index (χ0) is 9.97. The molecule has 1 aliphatic heterocycles. The quantitative estimate of drug-likeness (QED) is 0.490. The van der Waals surface area contributed by atoms with Crippen LogP contribution in [0.5, 0.6) is 0 Å². The zero-order valence-electron chi connectivity index (χ0n) is 8.20. The molecule has 4 heteroatoms. The Balaban J connectivity index is 1.73. The van der Waals surface area contributed by atoms with Gasteiger partial charge in [-0.25, -0.2) is 0 Å². The molecule has 4 nitrogen and oxygen atoms in total. The molecule has 0 unspecified atom stereocenters. The lowest BCUT2D eigenvalue weighted by Gasteiger charge is -2.29. The molecular formula is C10H15NO3. The van der Waals surface area contributed by atoms with Crippen LogP contribution in [0.15, 0.2) is 0 Å². The van der Waals surface area contributed by atoms with Crippen molar-refractivity contribution in [3.05, 3.63) is 0 Å². The van der Waals surface area contributed by atoms with Crippen LogP contribution in [0, 0.1) is 5.92 Å². The molecule has 14 heavy (non-hydrogen) atoms. The Morgan fingerprint density at radius 2 is 1.86 bits per heavy atom. The number of morpholine rings is 1. The van der Waals surface area contributed by atoms with E-state index in [-0.39, 0.29) is 13.1 Å². The summed E-state index contributed by atoms with van der Waals surface area (Å²) in [6.07, 6.45) is 5.07. The van der Waals surface area contributed by atoms with Crippen molar-refractivity contribution < 1.29 is 14.3 Å². The maximum Gasteiger partial charge on any atom is 0.327 e. The third-order valence-electron chi connectivity index (χ3n) is 3.01. The molecule has 1 saturated carbocycles. The highest BCUT2D eigenvalue weighted by atomic mass is 16.6. The fraction of sp³-hybridized carbons (Fsp3) is 0.800. The lowest BCUT2D eigenvalue weighted by molar-refractivity contribution is -0.166. The van der Waals surface area contributed by atoms with Crippen LogP contribution in [0.3, 0.4) is 0 Å². The van der Waals surface area contributed by atoms with Crippen LogP contribution < -0.4 is 0 Å². The predicted octanol–water partition coefficient (Wildman–Crippen LogP) is 0.562. The van der Waals surface area contributed by atoms with Crippen LogP contribution in [0.25, 0.3) is 0 Å². The summed E-state index contributed by atoms with van der Waals surface area (Å²) in [5, 5.41) is 0. The molecule has 1 aliphatic carbocycles. The van der Waals surface area contributed by atoms with E-state index in [0.29, 0.717) is 0 Å². The van der Waals surface area contributed by atoms with E-state index in [1.165, 1.54) is 19.3 Å². The number of nitrogens with zero attached hydrogens (tertiary/aromatic N) is 1. The number of carbonyl (C=O) groups is 2. The van der Waals surface area contributed by atoms with Gasteiger partial charge in [0.05, 0.1) is 13.1 Å². The molecule has 0 amide bonds. The van der Waals surface area contributed by atoms with E-state index >= 15 is 0 Å². The molecule has 0 aromatic heterocycles. The Morgan fingerprint density at radius 3 is 2.36 bits per heavy atom. The topological polar surface area (TPSA) is 46.6 Å². The first-order valence-electron chi connectivity index (χ1n) is 5.20. The highest BCUT2D eigenvalue weighted by Crippen LogP contribution is 2.29. The van der Waals surface area contributed by atoms with Crippen LogP contribution in [0.2, 0.25) is 0 Å². The highest BCUT2D eigenvalue weighted by Gasteiger charge is 2.26. The Bertz CT molecular complexity index is 232. The van der Waals surface area contributed by atoms with Crippen LogP contribution in [0.1, 0.15) is 25.7 Å². The van der Waals surface area contributed by atoms with Crippen LogP contribution >= 0.6 is 0 Å². The van der Waals surface area contributed by atoms with Gasteiger partial charge in [-0.05, 0) is 18.9 Å². The van der Waals surface area contributed by atoms with Gasteiger partial charge in [0, 0.05) is 0 Å². The smallest absolute Gasteiger partial charge is 0.327 e. The largest absolute Gasteiger partial charge is 0.391 e. The summed E-state index contributed by atoms with van der Waals surface area (Å²) in [5.74, 6) is 0.00719. The second-order valence-electron chi connectivity index (χ2n) is 4.14. The van der Waals surface area contributed by atoms with Gasteiger partial charge in [0.15, 0.2) is 0 Å². The summed E-state index contributed by atoms with van der Waals surface area (Å²) >= 11 is 0. The molecule has 0 radical (unpaired) electrons. The molecule has 2 fully saturated rings.